The number of hydrogen-bond donors (Lipinski definition) is 1. The molecule has 4 nitrogen and oxygen atoms in total. The molecule has 2 N–H and O–H groups in total. The summed E-state index contributed by atoms with van der Waals surface area (Å²) in [5.74, 6) is 1.02. The molecule has 1 aromatic rings. The van der Waals surface area contributed by atoms with Crippen LogP contribution in [0, 0.1) is 0 Å². The highest BCUT2D eigenvalue weighted by atomic mass is 35.5. The third-order valence-corrected chi connectivity index (χ3v) is 4.67. The predicted octanol–water partition coefficient (Wildman–Crippen LogP) is 1.87. The number of piperazine rings is 1. The van der Waals surface area contributed by atoms with Crippen LogP contribution in [-0.2, 0) is 6.54 Å². The van der Waals surface area contributed by atoms with E-state index >= 15 is 0 Å². The second kappa shape index (κ2) is 5.27. The Balaban J connectivity index is 1.84. The Kier molecular flexibility index (Phi) is 3.65. The zero-order valence-electron chi connectivity index (χ0n) is 11.3. The van der Waals surface area contributed by atoms with Crippen molar-refractivity contribution in [2.24, 2.45) is 5.73 Å². The van der Waals surface area contributed by atoms with Crippen LogP contribution in [0.5, 0.6) is 0 Å². The van der Waals surface area contributed by atoms with Crippen molar-refractivity contribution < 1.29 is 0 Å². The number of fused-ring (bicyclic) bond motifs is 1. The molecule has 2 atom stereocenters. The molecule has 2 aliphatic rings. The van der Waals surface area contributed by atoms with Gasteiger partial charge in [0.15, 0.2) is 0 Å². The van der Waals surface area contributed by atoms with E-state index in [-0.39, 0.29) is 0 Å². The highest BCUT2D eigenvalue weighted by Gasteiger charge is 2.34. The minimum Gasteiger partial charge on any atom is -0.351 e. The molecule has 3 heterocycles. The lowest BCUT2D eigenvalue weighted by molar-refractivity contribution is 0.202. The van der Waals surface area contributed by atoms with E-state index in [2.05, 4.69) is 21.7 Å². The number of pyridine rings is 1. The van der Waals surface area contributed by atoms with Crippen molar-refractivity contribution in [3.63, 3.8) is 0 Å². The zero-order chi connectivity index (χ0) is 13.4. The molecule has 0 aliphatic carbocycles. The fourth-order valence-electron chi connectivity index (χ4n) is 3.28. The van der Waals surface area contributed by atoms with E-state index in [9.17, 15) is 0 Å². The van der Waals surface area contributed by atoms with Crippen molar-refractivity contribution >= 4 is 17.4 Å². The molecular formula is C14H21ClN4. The monoisotopic (exact) mass is 280 g/mol. The molecule has 2 fully saturated rings. The number of nitrogens with zero attached hydrogens (tertiary/aromatic N) is 3. The highest BCUT2D eigenvalue weighted by Crippen LogP contribution is 2.28. The van der Waals surface area contributed by atoms with Crippen molar-refractivity contribution in [1.82, 2.24) is 9.88 Å². The number of nitrogens with two attached hydrogens (primary N) is 1. The molecule has 2 aliphatic heterocycles. The van der Waals surface area contributed by atoms with Crippen LogP contribution in [-0.4, -0.2) is 41.6 Å². The summed E-state index contributed by atoms with van der Waals surface area (Å²) in [5.41, 5.74) is 6.49. The quantitative estimate of drug-likeness (QED) is 0.898. The lowest BCUT2D eigenvalue weighted by atomic mass is 10.1. The van der Waals surface area contributed by atoms with Gasteiger partial charge in [0, 0.05) is 31.7 Å². The first-order valence-electron chi connectivity index (χ1n) is 7.05. The lowest BCUT2D eigenvalue weighted by Gasteiger charge is -2.43. The van der Waals surface area contributed by atoms with Crippen LogP contribution in [0.1, 0.15) is 25.5 Å². The van der Waals surface area contributed by atoms with E-state index in [1.165, 1.54) is 19.4 Å². The molecule has 3 rings (SSSR count). The van der Waals surface area contributed by atoms with Crippen LogP contribution in [0.2, 0.25) is 5.02 Å². The molecule has 0 aromatic carbocycles. The number of rotatable bonds is 2. The summed E-state index contributed by atoms with van der Waals surface area (Å²) in [7, 11) is 0. The van der Waals surface area contributed by atoms with Gasteiger partial charge in [-0.3, -0.25) is 4.90 Å². The topological polar surface area (TPSA) is 45.4 Å². The first-order chi connectivity index (χ1) is 9.19. The van der Waals surface area contributed by atoms with Crippen molar-refractivity contribution in [3.05, 3.63) is 22.8 Å². The maximum absolute atomic E-state index is 6.09. The lowest BCUT2D eigenvalue weighted by Crippen LogP contribution is -2.55. The summed E-state index contributed by atoms with van der Waals surface area (Å²) >= 11 is 6.09. The fourth-order valence-corrected chi connectivity index (χ4v) is 3.46. The minimum atomic E-state index is 0.393. The summed E-state index contributed by atoms with van der Waals surface area (Å²) < 4.78 is 0. The molecule has 0 spiro atoms. The number of halogens is 1. The molecule has 0 saturated carbocycles. The van der Waals surface area contributed by atoms with Crippen molar-refractivity contribution in [2.75, 3.05) is 24.5 Å². The first kappa shape index (κ1) is 13.2. The van der Waals surface area contributed by atoms with Gasteiger partial charge in [0.25, 0.3) is 0 Å². The molecule has 2 saturated heterocycles. The molecule has 0 radical (unpaired) electrons. The Morgan fingerprint density at radius 3 is 3.05 bits per heavy atom. The molecule has 0 amide bonds. The molecular weight excluding hydrogens is 260 g/mol. The predicted molar refractivity (Wildman–Crippen MR) is 78.5 cm³/mol. The summed E-state index contributed by atoms with van der Waals surface area (Å²) in [6.45, 7) is 6.12. The van der Waals surface area contributed by atoms with Gasteiger partial charge >= 0.3 is 0 Å². The van der Waals surface area contributed by atoms with Crippen LogP contribution in [0.25, 0.3) is 0 Å². The van der Waals surface area contributed by atoms with Gasteiger partial charge in [-0.25, -0.2) is 4.98 Å². The summed E-state index contributed by atoms with van der Waals surface area (Å²) in [6, 6.07) is 5.12. The van der Waals surface area contributed by atoms with Gasteiger partial charge in [0.05, 0.1) is 10.7 Å². The van der Waals surface area contributed by atoms with E-state index in [4.69, 9.17) is 17.3 Å². The molecule has 104 valence electrons. The Bertz CT molecular complexity index is 465. The Labute approximate surface area is 119 Å². The maximum atomic E-state index is 6.09. The molecule has 1 aromatic heterocycles. The van der Waals surface area contributed by atoms with Gasteiger partial charge in [0.1, 0.15) is 5.82 Å². The summed E-state index contributed by atoms with van der Waals surface area (Å²) in [4.78, 5) is 9.65. The summed E-state index contributed by atoms with van der Waals surface area (Å²) in [5, 5.41) is 0.665. The van der Waals surface area contributed by atoms with E-state index in [1.807, 2.05) is 12.1 Å². The van der Waals surface area contributed by atoms with Gasteiger partial charge in [-0.1, -0.05) is 11.6 Å². The van der Waals surface area contributed by atoms with E-state index in [1.54, 1.807) is 0 Å². The van der Waals surface area contributed by atoms with Gasteiger partial charge in [-0.15, -0.1) is 0 Å². The smallest absolute Gasteiger partial charge is 0.129 e. The zero-order valence-corrected chi connectivity index (χ0v) is 12.1. The van der Waals surface area contributed by atoms with Crippen molar-refractivity contribution in [3.8, 4) is 0 Å². The van der Waals surface area contributed by atoms with Gasteiger partial charge in [-0.05, 0) is 38.4 Å². The standard InChI is InChI=1S/C14H21ClN4/c1-10-8-18-6-2-3-11(18)9-19(10)14-5-4-12(15)13(7-16)17-14/h4-5,10-11H,2-3,6-9,16H2,1H3. The number of anilines is 1. The third-order valence-electron chi connectivity index (χ3n) is 4.33. The first-order valence-corrected chi connectivity index (χ1v) is 7.43. The van der Waals surface area contributed by atoms with Crippen LogP contribution >= 0.6 is 11.6 Å². The molecule has 5 heteroatoms. The SMILES string of the molecule is CC1CN2CCCC2CN1c1ccc(Cl)c(CN)n1. The number of aromatic nitrogens is 1. The largest absolute Gasteiger partial charge is 0.351 e. The molecule has 19 heavy (non-hydrogen) atoms. The Morgan fingerprint density at radius 2 is 2.26 bits per heavy atom. The van der Waals surface area contributed by atoms with E-state index in [0.29, 0.717) is 23.7 Å². The van der Waals surface area contributed by atoms with Crippen molar-refractivity contribution in [2.45, 2.75) is 38.4 Å². The summed E-state index contributed by atoms with van der Waals surface area (Å²) in [6.07, 6.45) is 2.63. The second-order valence-corrected chi connectivity index (χ2v) is 6.00. The van der Waals surface area contributed by atoms with Crippen LogP contribution < -0.4 is 10.6 Å². The fraction of sp³-hybridized carbons (Fsp3) is 0.643. The highest BCUT2D eigenvalue weighted by molar-refractivity contribution is 6.31. The van der Waals surface area contributed by atoms with Crippen LogP contribution in [0.15, 0.2) is 12.1 Å². The molecule has 0 bridgehead atoms. The van der Waals surface area contributed by atoms with Gasteiger partial charge < -0.3 is 10.6 Å². The Hall–Kier alpha value is -0.840. The van der Waals surface area contributed by atoms with Crippen molar-refractivity contribution in [1.29, 1.82) is 0 Å². The van der Waals surface area contributed by atoms with Crippen LogP contribution in [0.4, 0.5) is 5.82 Å². The van der Waals surface area contributed by atoms with E-state index in [0.717, 1.165) is 24.6 Å². The van der Waals surface area contributed by atoms with Gasteiger partial charge in [0.2, 0.25) is 0 Å². The molecule has 2 unspecified atom stereocenters. The maximum Gasteiger partial charge on any atom is 0.129 e. The van der Waals surface area contributed by atoms with Gasteiger partial charge in [-0.2, -0.15) is 0 Å². The average molecular weight is 281 g/mol. The Morgan fingerprint density at radius 1 is 1.42 bits per heavy atom. The van der Waals surface area contributed by atoms with Crippen LogP contribution in [0.3, 0.4) is 0 Å². The number of hydrogen-bond acceptors (Lipinski definition) is 4. The average Bonchev–Trinajstić information content (AvgIpc) is 2.85. The van der Waals surface area contributed by atoms with E-state index < -0.39 is 0 Å². The second-order valence-electron chi connectivity index (χ2n) is 5.59. The third kappa shape index (κ3) is 2.45. The normalized spacial score (nSPS) is 27.6. The minimum absolute atomic E-state index is 0.393.